The van der Waals surface area contributed by atoms with Crippen LogP contribution >= 0.6 is 0 Å². The lowest BCUT2D eigenvalue weighted by Crippen LogP contribution is -2.33. The molecule has 0 saturated carbocycles. The zero-order valence-corrected chi connectivity index (χ0v) is 13.1. The zero-order valence-electron chi connectivity index (χ0n) is 13.1. The minimum Gasteiger partial charge on any atom is -0.393 e. The molecular formula is C15H23N3O4. The lowest BCUT2D eigenvalue weighted by atomic mass is 10.1. The van der Waals surface area contributed by atoms with Gasteiger partial charge in [-0.1, -0.05) is 19.9 Å². The molecule has 0 aliphatic carbocycles. The van der Waals surface area contributed by atoms with Gasteiger partial charge in [0.05, 0.1) is 11.0 Å². The number of anilines is 1. The summed E-state index contributed by atoms with van der Waals surface area (Å²) in [7, 11) is 0. The Kier molecular flexibility index (Phi) is 6.78. The Morgan fingerprint density at radius 1 is 1.41 bits per heavy atom. The van der Waals surface area contributed by atoms with Gasteiger partial charge in [-0.2, -0.15) is 0 Å². The summed E-state index contributed by atoms with van der Waals surface area (Å²) in [5.41, 5.74) is 1.01. The van der Waals surface area contributed by atoms with E-state index >= 15 is 0 Å². The van der Waals surface area contributed by atoms with Gasteiger partial charge in [0, 0.05) is 23.9 Å². The summed E-state index contributed by atoms with van der Waals surface area (Å²) in [6.07, 6.45) is 0.737. The molecule has 0 saturated heterocycles. The van der Waals surface area contributed by atoms with E-state index < -0.39 is 17.1 Å². The van der Waals surface area contributed by atoms with Crippen LogP contribution in [0.4, 0.5) is 16.2 Å². The lowest BCUT2D eigenvalue weighted by molar-refractivity contribution is -0.385. The van der Waals surface area contributed by atoms with Crippen LogP contribution in [-0.4, -0.2) is 28.7 Å². The summed E-state index contributed by atoms with van der Waals surface area (Å²) in [6, 6.07) is 4.22. The maximum atomic E-state index is 11.8. The molecule has 7 nitrogen and oxygen atoms in total. The Morgan fingerprint density at radius 3 is 2.64 bits per heavy atom. The predicted octanol–water partition coefficient (Wildman–Crippen LogP) is 2.69. The molecule has 0 heterocycles. The second kappa shape index (κ2) is 8.33. The van der Waals surface area contributed by atoms with Gasteiger partial charge in [0.15, 0.2) is 0 Å². The summed E-state index contributed by atoms with van der Waals surface area (Å²) >= 11 is 0. The molecule has 1 rings (SSSR count). The highest BCUT2D eigenvalue weighted by Gasteiger charge is 2.14. The van der Waals surface area contributed by atoms with E-state index in [1.54, 1.807) is 19.1 Å². The molecule has 0 aliphatic rings. The van der Waals surface area contributed by atoms with Crippen LogP contribution in [0, 0.1) is 16.0 Å². The van der Waals surface area contributed by atoms with Crippen molar-refractivity contribution < 1.29 is 14.8 Å². The van der Waals surface area contributed by atoms with Gasteiger partial charge < -0.3 is 15.7 Å². The van der Waals surface area contributed by atoms with Crippen LogP contribution < -0.4 is 10.6 Å². The van der Waals surface area contributed by atoms with Crippen molar-refractivity contribution in [3.8, 4) is 0 Å². The van der Waals surface area contributed by atoms with Crippen molar-refractivity contribution in [2.75, 3.05) is 11.9 Å². The third kappa shape index (κ3) is 5.69. The zero-order chi connectivity index (χ0) is 16.7. The molecule has 7 heteroatoms. The second-order valence-corrected chi connectivity index (χ2v) is 5.48. The van der Waals surface area contributed by atoms with Gasteiger partial charge in [0.2, 0.25) is 0 Å². The third-order valence-electron chi connectivity index (χ3n) is 3.28. The summed E-state index contributed by atoms with van der Waals surface area (Å²) in [5, 5.41) is 25.5. The number of amides is 2. The number of benzene rings is 1. The van der Waals surface area contributed by atoms with Crippen molar-refractivity contribution in [3.63, 3.8) is 0 Å². The topological polar surface area (TPSA) is 104 Å². The summed E-state index contributed by atoms with van der Waals surface area (Å²) in [5.74, 6) is 0.141. The van der Waals surface area contributed by atoms with Crippen molar-refractivity contribution in [3.05, 3.63) is 33.9 Å². The summed E-state index contributed by atoms with van der Waals surface area (Å²) in [4.78, 5) is 22.3. The Morgan fingerprint density at radius 2 is 2.09 bits per heavy atom. The highest BCUT2D eigenvalue weighted by Crippen LogP contribution is 2.23. The Labute approximate surface area is 129 Å². The number of nitro groups is 1. The first kappa shape index (κ1) is 17.9. The van der Waals surface area contributed by atoms with Crippen LogP contribution in [0.15, 0.2) is 18.2 Å². The fourth-order valence-electron chi connectivity index (χ4n) is 2.22. The van der Waals surface area contributed by atoms with Gasteiger partial charge >= 0.3 is 6.03 Å². The number of aliphatic hydroxyl groups excluding tert-OH is 1. The van der Waals surface area contributed by atoms with E-state index in [0.29, 0.717) is 30.6 Å². The fourth-order valence-corrected chi connectivity index (χ4v) is 2.22. The van der Waals surface area contributed by atoms with Gasteiger partial charge in [-0.25, -0.2) is 4.79 Å². The SMILES string of the molecule is CCc1ccc(NC(=O)NC[C@@H](C)C[C@H](C)O)cc1[N+](=O)[O-]. The fraction of sp³-hybridized carbons (Fsp3) is 0.533. The van der Waals surface area contributed by atoms with E-state index in [-0.39, 0.29) is 11.6 Å². The number of urea groups is 1. The molecule has 0 bridgehead atoms. The van der Waals surface area contributed by atoms with Crippen LogP contribution in [0.25, 0.3) is 0 Å². The van der Waals surface area contributed by atoms with E-state index in [1.165, 1.54) is 6.07 Å². The number of nitrogens with one attached hydrogen (secondary N) is 2. The number of hydrogen-bond acceptors (Lipinski definition) is 4. The average molecular weight is 309 g/mol. The van der Waals surface area contributed by atoms with Gasteiger partial charge in [-0.3, -0.25) is 10.1 Å². The Balaban J connectivity index is 2.61. The minimum atomic E-state index is -0.452. The van der Waals surface area contributed by atoms with Crippen molar-refractivity contribution in [2.45, 2.75) is 39.7 Å². The van der Waals surface area contributed by atoms with E-state index in [4.69, 9.17) is 0 Å². The van der Waals surface area contributed by atoms with E-state index in [2.05, 4.69) is 10.6 Å². The minimum absolute atomic E-state index is 0.00257. The number of rotatable bonds is 7. The number of carbonyl (C=O) groups excluding carboxylic acids is 1. The number of hydrogen-bond donors (Lipinski definition) is 3. The van der Waals surface area contributed by atoms with Crippen molar-refractivity contribution >= 4 is 17.4 Å². The molecule has 122 valence electrons. The van der Waals surface area contributed by atoms with Crippen molar-refractivity contribution in [2.24, 2.45) is 5.92 Å². The molecule has 2 amide bonds. The van der Waals surface area contributed by atoms with Crippen molar-refractivity contribution in [1.82, 2.24) is 5.32 Å². The molecule has 3 N–H and O–H groups in total. The van der Waals surface area contributed by atoms with Crippen LogP contribution in [0.2, 0.25) is 0 Å². The Bertz CT molecular complexity index is 532. The van der Waals surface area contributed by atoms with Crippen LogP contribution in [0.3, 0.4) is 0 Å². The standard InChI is InChI=1S/C15H23N3O4/c1-4-12-5-6-13(8-14(12)18(21)22)17-15(20)16-9-10(2)7-11(3)19/h5-6,8,10-11,19H,4,7,9H2,1-3H3,(H2,16,17,20)/t10-,11-/m0/s1. The quantitative estimate of drug-likeness (QED) is 0.532. The molecule has 0 fully saturated rings. The maximum absolute atomic E-state index is 11.8. The molecular weight excluding hydrogens is 286 g/mol. The average Bonchev–Trinajstić information content (AvgIpc) is 2.44. The van der Waals surface area contributed by atoms with E-state index in [0.717, 1.165) is 0 Å². The number of carbonyl (C=O) groups is 1. The predicted molar refractivity (Wildman–Crippen MR) is 85.0 cm³/mol. The number of nitrogens with zero attached hydrogens (tertiary/aromatic N) is 1. The first-order valence-corrected chi connectivity index (χ1v) is 7.33. The Hall–Kier alpha value is -2.15. The van der Waals surface area contributed by atoms with Gasteiger partial charge in [-0.15, -0.1) is 0 Å². The van der Waals surface area contributed by atoms with Crippen LogP contribution in [-0.2, 0) is 6.42 Å². The number of aliphatic hydroxyl groups is 1. The van der Waals surface area contributed by atoms with Crippen LogP contribution in [0.1, 0.15) is 32.8 Å². The molecule has 2 atom stereocenters. The normalized spacial score (nSPS) is 13.3. The van der Waals surface area contributed by atoms with E-state index in [1.807, 2.05) is 13.8 Å². The second-order valence-electron chi connectivity index (χ2n) is 5.48. The molecule has 0 radical (unpaired) electrons. The number of nitro benzene ring substituents is 1. The third-order valence-corrected chi connectivity index (χ3v) is 3.28. The summed E-state index contributed by atoms with van der Waals surface area (Å²) in [6.45, 7) is 5.89. The molecule has 0 aliphatic heterocycles. The lowest BCUT2D eigenvalue weighted by Gasteiger charge is -2.14. The molecule has 22 heavy (non-hydrogen) atoms. The van der Waals surface area contributed by atoms with E-state index in [9.17, 15) is 20.0 Å². The molecule has 0 spiro atoms. The smallest absolute Gasteiger partial charge is 0.319 e. The monoisotopic (exact) mass is 309 g/mol. The maximum Gasteiger partial charge on any atom is 0.319 e. The van der Waals surface area contributed by atoms with Gasteiger partial charge in [-0.05, 0) is 31.7 Å². The molecule has 0 unspecified atom stereocenters. The first-order valence-electron chi connectivity index (χ1n) is 7.33. The van der Waals surface area contributed by atoms with Gasteiger partial charge in [0.1, 0.15) is 0 Å². The highest BCUT2D eigenvalue weighted by molar-refractivity contribution is 5.89. The van der Waals surface area contributed by atoms with Crippen molar-refractivity contribution in [1.29, 1.82) is 0 Å². The largest absolute Gasteiger partial charge is 0.393 e. The molecule has 1 aromatic rings. The first-order chi connectivity index (χ1) is 10.3. The van der Waals surface area contributed by atoms with Gasteiger partial charge in [0.25, 0.3) is 5.69 Å². The summed E-state index contributed by atoms with van der Waals surface area (Å²) < 4.78 is 0. The highest BCUT2D eigenvalue weighted by atomic mass is 16.6. The molecule has 0 aromatic heterocycles. The van der Waals surface area contributed by atoms with Crippen LogP contribution in [0.5, 0.6) is 0 Å². The number of aryl methyl sites for hydroxylation is 1. The molecule has 1 aromatic carbocycles.